The first kappa shape index (κ1) is 14.1. The normalized spacial score (nSPS) is 12.1. The molecule has 0 spiro atoms. The van der Waals surface area contributed by atoms with Crippen molar-refractivity contribution in [3.8, 4) is 0 Å². The lowest BCUT2D eigenvalue weighted by atomic mass is 10.2. The Bertz CT molecular complexity index is 410. The number of amidine groups is 1. The van der Waals surface area contributed by atoms with Crippen LogP contribution < -0.4 is 5.73 Å². The van der Waals surface area contributed by atoms with Gasteiger partial charge >= 0.3 is 0 Å². The molecule has 1 rings (SSSR count). The Labute approximate surface area is 111 Å². The molecule has 0 aromatic heterocycles. The zero-order valence-electron chi connectivity index (χ0n) is 9.53. The van der Waals surface area contributed by atoms with Crippen molar-refractivity contribution in [2.24, 2.45) is 10.9 Å². The first-order valence-corrected chi connectivity index (χ1v) is 5.88. The summed E-state index contributed by atoms with van der Waals surface area (Å²) in [5.74, 6) is 0.217. The molecule has 1 aromatic carbocycles. The third-order valence-electron chi connectivity index (χ3n) is 2.35. The number of nitrogens with two attached hydrogens (primary N) is 1. The number of halogens is 2. The second kappa shape index (κ2) is 6.69. The fourth-order valence-corrected chi connectivity index (χ4v) is 1.78. The van der Waals surface area contributed by atoms with E-state index in [1.54, 1.807) is 6.07 Å². The largest absolute Gasteiger partial charge is 0.409 e. The van der Waals surface area contributed by atoms with Crippen LogP contribution in [0, 0.1) is 0 Å². The Morgan fingerprint density at radius 1 is 1.47 bits per heavy atom. The van der Waals surface area contributed by atoms with Crippen molar-refractivity contribution in [3.05, 3.63) is 33.8 Å². The lowest BCUT2D eigenvalue weighted by Crippen LogP contribution is -2.24. The van der Waals surface area contributed by atoms with Crippen LogP contribution in [0.2, 0.25) is 10.0 Å². The van der Waals surface area contributed by atoms with Gasteiger partial charge in [-0.15, -0.1) is 0 Å². The van der Waals surface area contributed by atoms with Crippen LogP contribution in [-0.2, 0) is 6.54 Å². The van der Waals surface area contributed by atoms with Crippen LogP contribution >= 0.6 is 23.2 Å². The minimum absolute atomic E-state index is 0.217. The summed E-state index contributed by atoms with van der Waals surface area (Å²) in [7, 11) is 1.93. The molecule has 0 fully saturated rings. The summed E-state index contributed by atoms with van der Waals surface area (Å²) < 4.78 is 0. The molecule has 0 heterocycles. The van der Waals surface area contributed by atoms with Gasteiger partial charge in [-0.2, -0.15) is 0 Å². The first-order valence-electron chi connectivity index (χ1n) is 5.12. The van der Waals surface area contributed by atoms with Crippen LogP contribution in [-0.4, -0.2) is 29.5 Å². The number of nitrogens with zero attached hydrogens (tertiary/aromatic N) is 2. The maximum absolute atomic E-state index is 8.42. The molecule has 4 nitrogen and oxygen atoms in total. The van der Waals surface area contributed by atoms with Gasteiger partial charge in [0.05, 0.1) is 10.0 Å². The smallest absolute Gasteiger partial charge is 0.140 e. The molecular weight excluding hydrogens is 261 g/mol. The molecule has 0 radical (unpaired) electrons. The van der Waals surface area contributed by atoms with Gasteiger partial charge in [-0.1, -0.05) is 40.5 Å². The summed E-state index contributed by atoms with van der Waals surface area (Å²) in [5.41, 5.74) is 6.35. The quantitative estimate of drug-likeness (QED) is 0.376. The van der Waals surface area contributed by atoms with Crippen LogP contribution in [0.5, 0.6) is 0 Å². The van der Waals surface area contributed by atoms with E-state index in [0.717, 1.165) is 5.56 Å². The molecule has 0 amide bonds. The van der Waals surface area contributed by atoms with Gasteiger partial charge in [-0.3, -0.25) is 0 Å². The number of rotatable bonds is 5. The monoisotopic (exact) mass is 275 g/mol. The van der Waals surface area contributed by atoms with E-state index in [9.17, 15) is 0 Å². The zero-order chi connectivity index (χ0) is 12.8. The number of hydrogen-bond donors (Lipinski definition) is 2. The van der Waals surface area contributed by atoms with Crippen LogP contribution in [0.25, 0.3) is 0 Å². The van der Waals surface area contributed by atoms with Crippen molar-refractivity contribution in [2.75, 3.05) is 13.6 Å². The SMILES string of the molecule is CN(CC/C(N)=N/O)Cc1cccc(Cl)c1Cl. The van der Waals surface area contributed by atoms with Gasteiger partial charge in [-0.25, -0.2) is 0 Å². The molecule has 6 heteroatoms. The highest BCUT2D eigenvalue weighted by molar-refractivity contribution is 6.42. The maximum atomic E-state index is 8.42. The highest BCUT2D eigenvalue weighted by Crippen LogP contribution is 2.26. The molecule has 94 valence electrons. The molecule has 0 aliphatic rings. The molecular formula is C11H15Cl2N3O. The van der Waals surface area contributed by atoms with Gasteiger partial charge < -0.3 is 15.8 Å². The van der Waals surface area contributed by atoms with Gasteiger partial charge in [0.25, 0.3) is 0 Å². The van der Waals surface area contributed by atoms with Gasteiger partial charge in [-0.05, 0) is 18.7 Å². The summed E-state index contributed by atoms with van der Waals surface area (Å²) >= 11 is 12.0. The predicted octanol–water partition coefficient (Wildman–Crippen LogP) is 2.56. The van der Waals surface area contributed by atoms with Crippen molar-refractivity contribution in [3.63, 3.8) is 0 Å². The minimum atomic E-state index is 0.217. The van der Waals surface area contributed by atoms with Gasteiger partial charge in [0, 0.05) is 19.5 Å². The molecule has 0 saturated heterocycles. The average Bonchev–Trinajstić information content (AvgIpc) is 2.32. The topological polar surface area (TPSA) is 61.8 Å². The summed E-state index contributed by atoms with van der Waals surface area (Å²) in [5, 5.41) is 12.5. The molecule has 3 N–H and O–H groups in total. The Morgan fingerprint density at radius 2 is 2.18 bits per heavy atom. The summed E-state index contributed by atoms with van der Waals surface area (Å²) in [6.07, 6.45) is 0.505. The third kappa shape index (κ3) is 4.42. The van der Waals surface area contributed by atoms with Crippen LogP contribution in [0.15, 0.2) is 23.4 Å². The van der Waals surface area contributed by atoms with Gasteiger partial charge in [0.15, 0.2) is 0 Å². The van der Waals surface area contributed by atoms with Gasteiger partial charge in [0.2, 0.25) is 0 Å². The van der Waals surface area contributed by atoms with Gasteiger partial charge in [0.1, 0.15) is 5.84 Å². The van der Waals surface area contributed by atoms with E-state index in [2.05, 4.69) is 5.16 Å². The Balaban J connectivity index is 2.56. The average molecular weight is 276 g/mol. The molecule has 17 heavy (non-hydrogen) atoms. The molecule has 0 atom stereocenters. The second-order valence-electron chi connectivity index (χ2n) is 3.79. The summed E-state index contributed by atoms with van der Waals surface area (Å²) in [6, 6.07) is 5.54. The van der Waals surface area contributed by atoms with Crippen LogP contribution in [0.1, 0.15) is 12.0 Å². The highest BCUT2D eigenvalue weighted by Gasteiger charge is 2.07. The van der Waals surface area contributed by atoms with E-state index in [4.69, 9.17) is 34.1 Å². The summed E-state index contributed by atoms with van der Waals surface area (Å²) in [6.45, 7) is 1.34. The molecule has 0 aliphatic heterocycles. The Hall–Kier alpha value is -0.970. The predicted molar refractivity (Wildman–Crippen MR) is 70.8 cm³/mol. The second-order valence-corrected chi connectivity index (χ2v) is 4.58. The lowest BCUT2D eigenvalue weighted by molar-refractivity contribution is 0.309. The standard InChI is InChI=1S/C11H15Cl2N3O/c1-16(6-5-10(14)15-17)7-8-3-2-4-9(12)11(8)13/h2-4,17H,5-7H2,1H3,(H2,14,15). The Kier molecular flexibility index (Phi) is 5.55. The van der Waals surface area contributed by atoms with Crippen LogP contribution in [0.3, 0.4) is 0 Å². The zero-order valence-corrected chi connectivity index (χ0v) is 11.0. The van der Waals surface area contributed by atoms with E-state index in [0.29, 0.717) is 29.6 Å². The Morgan fingerprint density at radius 3 is 2.82 bits per heavy atom. The summed E-state index contributed by atoms with van der Waals surface area (Å²) in [4.78, 5) is 2.02. The first-order chi connectivity index (χ1) is 8.04. The molecule has 1 aromatic rings. The molecule has 0 saturated carbocycles. The van der Waals surface area contributed by atoms with E-state index in [1.165, 1.54) is 0 Å². The molecule has 0 aliphatic carbocycles. The minimum Gasteiger partial charge on any atom is -0.409 e. The number of hydrogen-bond acceptors (Lipinski definition) is 3. The molecule has 0 unspecified atom stereocenters. The lowest BCUT2D eigenvalue weighted by Gasteiger charge is -2.17. The van der Waals surface area contributed by atoms with Crippen molar-refractivity contribution in [1.82, 2.24) is 4.90 Å². The van der Waals surface area contributed by atoms with Crippen molar-refractivity contribution in [2.45, 2.75) is 13.0 Å². The highest BCUT2D eigenvalue weighted by atomic mass is 35.5. The molecule has 0 bridgehead atoms. The van der Waals surface area contributed by atoms with E-state index in [-0.39, 0.29) is 5.84 Å². The number of benzene rings is 1. The maximum Gasteiger partial charge on any atom is 0.140 e. The van der Waals surface area contributed by atoms with E-state index >= 15 is 0 Å². The third-order valence-corrected chi connectivity index (χ3v) is 3.21. The van der Waals surface area contributed by atoms with Crippen molar-refractivity contribution >= 4 is 29.0 Å². The van der Waals surface area contributed by atoms with E-state index < -0.39 is 0 Å². The van der Waals surface area contributed by atoms with Crippen molar-refractivity contribution in [1.29, 1.82) is 0 Å². The van der Waals surface area contributed by atoms with E-state index in [1.807, 2.05) is 24.1 Å². The number of oxime groups is 1. The fourth-order valence-electron chi connectivity index (χ4n) is 1.40. The van der Waals surface area contributed by atoms with Crippen LogP contribution in [0.4, 0.5) is 0 Å². The fraction of sp³-hybridized carbons (Fsp3) is 0.364. The van der Waals surface area contributed by atoms with Crippen molar-refractivity contribution < 1.29 is 5.21 Å².